The van der Waals surface area contributed by atoms with Crippen LogP contribution in [0.15, 0.2) is 23.4 Å². The highest BCUT2D eigenvalue weighted by molar-refractivity contribution is 5.90. The summed E-state index contributed by atoms with van der Waals surface area (Å²) in [4.78, 5) is 24.2. The van der Waals surface area contributed by atoms with Crippen LogP contribution in [0, 0.1) is 4.91 Å². The van der Waals surface area contributed by atoms with Crippen molar-refractivity contribution >= 4 is 17.4 Å². The van der Waals surface area contributed by atoms with Crippen molar-refractivity contribution in [2.24, 2.45) is 5.18 Å². The molecule has 7 nitrogen and oxygen atoms in total. The minimum Gasteiger partial charge on any atom is -0.379 e. The number of hydrogen-bond donors (Lipinski definition) is 2. The Hall–Kier alpha value is -2.20. The molecule has 2 amide bonds. The maximum absolute atomic E-state index is 13.0. The van der Waals surface area contributed by atoms with E-state index in [4.69, 9.17) is 4.74 Å². The molecular weight excluding hydrogens is 329 g/mol. The molecule has 1 saturated heterocycles. The molecule has 0 spiro atoms. The summed E-state index contributed by atoms with van der Waals surface area (Å²) in [5, 5.41) is 7.12. The Balaban J connectivity index is 1.92. The monoisotopic (exact) mass is 346 g/mol. The van der Waals surface area contributed by atoms with Crippen LogP contribution in [0.25, 0.3) is 0 Å². The van der Waals surface area contributed by atoms with Crippen molar-refractivity contribution in [3.8, 4) is 0 Å². The lowest BCUT2D eigenvalue weighted by molar-refractivity contribution is -0.136. The Bertz CT molecular complexity index is 589. The lowest BCUT2D eigenvalue weighted by Gasteiger charge is -2.26. The molecule has 0 atom stereocenters. The van der Waals surface area contributed by atoms with Gasteiger partial charge in [-0.25, -0.2) is 4.79 Å². The van der Waals surface area contributed by atoms with Gasteiger partial charge in [-0.3, -0.25) is 4.90 Å². The number of amides is 2. The molecule has 1 fully saturated rings. The summed E-state index contributed by atoms with van der Waals surface area (Å²) in [7, 11) is 0. The molecule has 2 rings (SSSR count). The number of nitrogens with one attached hydrogen (secondary N) is 2. The van der Waals surface area contributed by atoms with Crippen molar-refractivity contribution in [2.45, 2.75) is 6.18 Å². The Morgan fingerprint density at radius 2 is 2.00 bits per heavy atom. The molecule has 24 heavy (non-hydrogen) atoms. The zero-order valence-corrected chi connectivity index (χ0v) is 12.7. The van der Waals surface area contributed by atoms with E-state index < -0.39 is 23.5 Å². The van der Waals surface area contributed by atoms with Crippen molar-refractivity contribution in [1.29, 1.82) is 0 Å². The molecular formula is C14H17F3N4O3. The van der Waals surface area contributed by atoms with Gasteiger partial charge in [0.25, 0.3) is 0 Å². The van der Waals surface area contributed by atoms with Crippen LogP contribution in [0.2, 0.25) is 0 Å². The molecule has 1 aliphatic rings. The van der Waals surface area contributed by atoms with Crippen molar-refractivity contribution in [3.05, 3.63) is 28.7 Å². The minimum atomic E-state index is -4.71. The van der Waals surface area contributed by atoms with Gasteiger partial charge >= 0.3 is 12.2 Å². The second-order valence-corrected chi connectivity index (χ2v) is 5.15. The van der Waals surface area contributed by atoms with Gasteiger partial charge in [-0.2, -0.15) is 13.2 Å². The van der Waals surface area contributed by atoms with Gasteiger partial charge in [-0.15, -0.1) is 4.91 Å². The SMILES string of the molecule is O=Nc1ccc(NC(=O)NCCN2CCOCC2)c(C(F)(F)F)c1. The number of halogens is 3. The zero-order valence-electron chi connectivity index (χ0n) is 12.7. The standard InChI is InChI=1S/C14H17F3N4O3/c15-14(16,17)11-9-10(20-23)1-2-12(11)19-13(22)18-3-4-21-5-7-24-8-6-21/h1-2,9H,3-8H2,(H2,18,19,22). The smallest absolute Gasteiger partial charge is 0.379 e. The number of morpholine rings is 1. The molecule has 1 aromatic rings. The summed E-state index contributed by atoms with van der Waals surface area (Å²) < 4.78 is 44.1. The fourth-order valence-corrected chi connectivity index (χ4v) is 2.25. The quantitative estimate of drug-likeness (QED) is 0.803. The molecule has 2 N–H and O–H groups in total. The number of carbonyl (C=O) groups excluding carboxylic acids is 1. The normalized spacial score (nSPS) is 15.8. The van der Waals surface area contributed by atoms with Gasteiger partial charge in [-0.05, 0) is 23.4 Å². The molecule has 0 saturated carbocycles. The summed E-state index contributed by atoms with van der Waals surface area (Å²) in [5.74, 6) is 0. The van der Waals surface area contributed by atoms with E-state index in [0.717, 1.165) is 25.2 Å². The van der Waals surface area contributed by atoms with E-state index in [-0.39, 0.29) is 5.69 Å². The Labute approximate surface area is 136 Å². The minimum absolute atomic E-state index is 0.293. The number of rotatable bonds is 5. The molecule has 1 aromatic carbocycles. The van der Waals surface area contributed by atoms with E-state index in [0.29, 0.717) is 32.4 Å². The third-order valence-electron chi connectivity index (χ3n) is 3.48. The molecule has 0 unspecified atom stereocenters. The van der Waals surface area contributed by atoms with E-state index >= 15 is 0 Å². The van der Waals surface area contributed by atoms with E-state index in [1.54, 1.807) is 0 Å². The third-order valence-corrected chi connectivity index (χ3v) is 3.48. The topological polar surface area (TPSA) is 83.0 Å². The Morgan fingerprint density at radius 1 is 1.29 bits per heavy atom. The fraction of sp³-hybridized carbons (Fsp3) is 0.500. The van der Waals surface area contributed by atoms with Gasteiger partial charge in [0.2, 0.25) is 0 Å². The highest BCUT2D eigenvalue weighted by atomic mass is 19.4. The number of alkyl halides is 3. The third kappa shape index (κ3) is 5.17. The highest BCUT2D eigenvalue weighted by Gasteiger charge is 2.34. The van der Waals surface area contributed by atoms with Crippen molar-refractivity contribution in [1.82, 2.24) is 10.2 Å². The number of ether oxygens (including phenoxy) is 1. The molecule has 0 aromatic heterocycles. The maximum Gasteiger partial charge on any atom is 0.418 e. The van der Waals surface area contributed by atoms with Gasteiger partial charge in [0.1, 0.15) is 5.69 Å². The fourth-order valence-electron chi connectivity index (χ4n) is 2.25. The van der Waals surface area contributed by atoms with Crippen LogP contribution in [-0.2, 0) is 10.9 Å². The lowest BCUT2D eigenvalue weighted by Crippen LogP contribution is -2.42. The molecule has 10 heteroatoms. The number of carbonyl (C=O) groups is 1. The summed E-state index contributed by atoms with van der Waals surface area (Å²) in [6.07, 6.45) is -4.71. The average molecular weight is 346 g/mol. The van der Waals surface area contributed by atoms with Crippen LogP contribution in [-0.4, -0.2) is 50.3 Å². The van der Waals surface area contributed by atoms with Gasteiger partial charge in [0, 0.05) is 26.2 Å². The van der Waals surface area contributed by atoms with E-state index in [2.05, 4.69) is 20.7 Å². The Kier molecular flexibility index (Phi) is 6.10. The number of nitroso groups, excluding NO2 is 1. The second-order valence-electron chi connectivity index (χ2n) is 5.15. The summed E-state index contributed by atoms with van der Waals surface area (Å²) >= 11 is 0. The lowest BCUT2D eigenvalue weighted by atomic mass is 10.1. The van der Waals surface area contributed by atoms with Gasteiger partial charge in [0.05, 0.1) is 24.5 Å². The molecule has 1 heterocycles. The first-order chi connectivity index (χ1) is 11.4. The number of benzene rings is 1. The van der Waals surface area contributed by atoms with Gasteiger partial charge in [-0.1, -0.05) is 0 Å². The summed E-state index contributed by atoms with van der Waals surface area (Å²) in [6, 6.07) is 1.95. The predicted octanol–water partition coefficient (Wildman–Crippen LogP) is 2.56. The molecule has 0 aliphatic carbocycles. The van der Waals surface area contributed by atoms with E-state index in [1.165, 1.54) is 0 Å². The number of anilines is 1. The zero-order chi connectivity index (χ0) is 17.6. The van der Waals surface area contributed by atoms with Crippen molar-refractivity contribution in [2.75, 3.05) is 44.7 Å². The average Bonchev–Trinajstić information content (AvgIpc) is 2.55. The summed E-state index contributed by atoms with van der Waals surface area (Å²) in [6.45, 7) is 3.62. The molecule has 132 valence electrons. The highest BCUT2D eigenvalue weighted by Crippen LogP contribution is 2.37. The molecule has 0 radical (unpaired) electrons. The summed E-state index contributed by atoms with van der Waals surface area (Å²) in [5.41, 5.74) is -1.91. The van der Waals surface area contributed by atoms with Crippen LogP contribution in [0.4, 0.5) is 29.3 Å². The molecule has 1 aliphatic heterocycles. The number of hydrogen-bond acceptors (Lipinski definition) is 5. The maximum atomic E-state index is 13.0. The van der Waals surface area contributed by atoms with Crippen LogP contribution < -0.4 is 10.6 Å². The van der Waals surface area contributed by atoms with Crippen LogP contribution >= 0.6 is 0 Å². The van der Waals surface area contributed by atoms with E-state index in [9.17, 15) is 22.9 Å². The number of urea groups is 1. The molecule has 0 bridgehead atoms. The van der Waals surface area contributed by atoms with Gasteiger partial charge in [0.15, 0.2) is 0 Å². The largest absolute Gasteiger partial charge is 0.418 e. The number of nitrogens with zero attached hydrogens (tertiary/aromatic N) is 2. The van der Waals surface area contributed by atoms with E-state index in [1.807, 2.05) is 0 Å². The van der Waals surface area contributed by atoms with Gasteiger partial charge < -0.3 is 15.4 Å². The predicted molar refractivity (Wildman–Crippen MR) is 81.2 cm³/mol. The van der Waals surface area contributed by atoms with Crippen LogP contribution in [0.5, 0.6) is 0 Å². The first-order valence-corrected chi connectivity index (χ1v) is 7.29. The Morgan fingerprint density at radius 3 is 2.62 bits per heavy atom. The second kappa shape index (κ2) is 8.06. The first-order valence-electron chi connectivity index (χ1n) is 7.29. The first kappa shape index (κ1) is 18.1. The van der Waals surface area contributed by atoms with Crippen LogP contribution in [0.1, 0.15) is 5.56 Å². The van der Waals surface area contributed by atoms with Crippen molar-refractivity contribution in [3.63, 3.8) is 0 Å². The van der Waals surface area contributed by atoms with Crippen molar-refractivity contribution < 1.29 is 22.7 Å². The van der Waals surface area contributed by atoms with Crippen LogP contribution in [0.3, 0.4) is 0 Å².